The van der Waals surface area contributed by atoms with Gasteiger partial charge in [-0.05, 0) is 24.1 Å². The predicted molar refractivity (Wildman–Crippen MR) is 49.7 cm³/mol. The number of fused-ring (bicyclic) bond motifs is 1. The van der Waals surface area contributed by atoms with Gasteiger partial charge in [0.2, 0.25) is 6.79 Å². The Labute approximate surface area is 77.5 Å². The van der Waals surface area contributed by atoms with Gasteiger partial charge in [0, 0.05) is 6.42 Å². The monoisotopic (exact) mass is 174 g/mol. The molecule has 0 amide bonds. The van der Waals surface area contributed by atoms with E-state index in [4.69, 9.17) is 15.9 Å². The lowest BCUT2D eigenvalue weighted by Gasteiger charge is -1.99. The molecule has 2 heteroatoms. The van der Waals surface area contributed by atoms with Crippen LogP contribution in [-0.4, -0.2) is 6.79 Å². The van der Waals surface area contributed by atoms with Gasteiger partial charge in [-0.3, -0.25) is 0 Å². The first-order valence-corrected chi connectivity index (χ1v) is 4.22. The summed E-state index contributed by atoms with van der Waals surface area (Å²) in [5, 5.41) is 0. The molecule has 0 saturated heterocycles. The number of aryl methyl sites for hydroxylation is 1. The summed E-state index contributed by atoms with van der Waals surface area (Å²) in [6, 6.07) is 5.93. The number of terminal acetylenes is 1. The Morgan fingerprint density at radius 3 is 3.00 bits per heavy atom. The fraction of sp³-hybridized carbons (Fsp3) is 0.273. The number of hydrogen-bond acceptors (Lipinski definition) is 2. The molecule has 0 N–H and O–H groups in total. The SMILES string of the molecule is C#CCCc1ccc2c(c1)OCO2. The molecule has 13 heavy (non-hydrogen) atoms. The fourth-order valence-corrected chi connectivity index (χ4v) is 1.31. The first kappa shape index (κ1) is 8.00. The molecule has 0 aliphatic carbocycles. The van der Waals surface area contributed by atoms with Crippen LogP contribution in [0.2, 0.25) is 0 Å². The van der Waals surface area contributed by atoms with Crippen LogP contribution < -0.4 is 9.47 Å². The molecule has 1 aromatic rings. The van der Waals surface area contributed by atoms with E-state index in [0.29, 0.717) is 6.79 Å². The van der Waals surface area contributed by atoms with E-state index in [9.17, 15) is 0 Å². The minimum Gasteiger partial charge on any atom is -0.454 e. The average Bonchev–Trinajstić information content (AvgIpc) is 2.61. The van der Waals surface area contributed by atoms with Gasteiger partial charge in [-0.15, -0.1) is 12.3 Å². The van der Waals surface area contributed by atoms with Crippen LogP contribution in [0.5, 0.6) is 11.5 Å². The van der Waals surface area contributed by atoms with Gasteiger partial charge in [0.15, 0.2) is 11.5 Å². The Balaban J connectivity index is 2.17. The van der Waals surface area contributed by atoms with Gasteiger partial charge in [0.25, 0.3) is 0 Å². The summed E-state index contributed by atoms with van der Waals surface area (Å²) < 4.78 is 10.4. The van der Waals surface area contributed by atoms with Gasteiger partial charge < -0.3 is 9.47 Å². The molecule has 0 spiro atoms. The highest BCUT2D eigenvalue weighted by Crippen LogP contribution is 2.32. The third kappa shape index (κ3) is 1.59. The summed E-state index contributed by atoms with van der Waals surface area (Å²) in [6.45, 7) is 0.327. The first-order valence-electron chi connectivity index (χ1n) is 4.22. The largest absolute Gasteiger partial charge is 0.454 e. The highest BCUT2D eigenvalue weighted by molar-refractivity contribution is 5.44. The molecule has 1 aliphatic heterocycles. The van der Waals surface area contributed by atoms with Crippen LogP contribution in [0.15, 0.2) is 18.2 Å². The quantitative estimate of drug-likeness (QED) is 0.638. The molecule has 0 fully saturated rings. The Kier molecular flexibility index (Phi) is 2.09. The Morgan fingerprint density at radius 1 is 1.31 bits per heavy atom. The van der Waals surface area contributed by atoms with Crippen molar-refractivity contribution in [2.75, 3.05) is 6.79 Å². The summed E-state index contributed by atoms with van der Waals surface area (Å²) in [5.41, 5.74) is 1.20. The Morgan fingerprint density at radius 2 is 2.15 bits per heavy atom. The van der Waals surface area contributed by atoms with E-state index >= 15 is 0 Å². The lowest BCUT2D eigenvalue weighted by atomic mass is 10.1. The molecular weight excluding hydrogens is 164 g/mol. The van der Waals surface area contributed by atoms with Crippen LogP contribution in [0, 0.1) is 12.3 Å². The molecule has 1 aliphatic rings. The van der Waals surface area contributed by atoms with E-state index in [-0.39, 0.29) is 0 Å². The van der Waals surface area contributed by atoms with E-state index in [1.165, 1.54) is 5.56 Å². The van der Waals surface area contributed by atoms with Crippen LogP contribution in [0.25, 0.3) is 0 Å². The second-order valence-electron chi connectivity index (χ2n) is 2.89. The smallest absolute Gasteiger partial charge is 0.231 e. The summed E-state index contributed by atoms with van der Waals surface area (Å²) >= 11 is 0. The van der Waals surface area contributed by atoms with E-state index in [2.05, 4.69) is 5.92 Å². The second-order valence-corrected chi connectivity index (χ2v) is 2.89. The molecule has 0 saturated carbocycles. The van der Waals surface area contributed by atoms with Gasteiger partial charge >= 0.3 is 0 Å². The first-order chi connectivity index (χ1) is 6.40. The second kappa shape index (κ2) is 3.40. The van der Waals surface area contributed by atoms with Crippen LogP contribution in [0.1, 0.15) is 12.0 Å². The number of benzene rings is 1. The van der Waals surface area contributed by atoms with Gasteiger partial charge in [-0.2, -0.15) is 0 Å². The molecule has 0 unspecified atom stereocenters. The summed E-state index contributed by atoms with van der Waals surface area (Å²) in [4.78, 5) is 0. The van der Waals surface area contributed by atoms with E-state index in [0.717, 1.165) is 24.3 Å². The highest BCUT2D eigenvalue weighted by Gasteiger charge is 2.12. The zero-order valence-corrected chi connectivity index (χ0v) is 7.25. The molecule has 0 atom stereocenters. The van der Waals surface area contributed by atoms with Gasteiger partial charge in [0.1, 0.15) is 0 Å². The van der Waals surface area contributed by atoms with E-state index < -0.39 is 0 Å². The van der Waals surface area contributed by atoms with Crippen molar-refractivity contribution in [3.8, 4) is 23.8 Å². The maximum Gasteiger partial charge on any atom is 0.231 e. The molecule has 0 radical (unpaired) electrons. The lowest BCUT2D eigenvalue weighted by Crippen LogP contribution is -1.92. The van der Waals surface area contributed by atoms with Crippen molar-refractivity contribution in [3.63, 3.8) is 0 Å². The van der Waals surface area contributed by atoms with Crippen molar-refractivity contribution in [2.45, 2.75) is 12.8 Å². The summed E-state index contributed by atoms with van der Waals surface area (Å²) in [6.07, 6.45) is 6.84. The third-order valence-electron chi connectivity index (χ3n) is 1.99. The van der Waals surface area contributed by atoms with Gasteiger partial charge in [-0.25, -0.2) is 0 Å². The lowest BCUT2D eigenvalue weighted by molar-refractivity contribution is 0.174. The van der Waals surface area contributed by atoms with Crippen LogP contribution in [0.4, 0.5) is 0 Å². The summed E-state index contributed by atoms with van der Waals surface area (Å²) in [5.74, 6) is 4.26. The number of hydrogen-bond donors (Lipinski definition) is 0. The number of ether oxygens (including phenoxy) is 2. The van der Waals surface area contributed by atoms with Crippen LogP contribution in [-0.2, 0) is 6.42 Å². The average molecular weight is 174 g/mol. The topological polar surface area (TPSA) is 18.5 Å². The van der Waals surface area contributed by atoms with E-state index in [1.54, 1.807) is 0 Å². The molecular formula is C11H10O2. The highest BCUT2D eigenvalue weighted by atomic mass is 16.7. The van der Waals surface area contributed by atoms with Crippen LogP contribution in [0.3, 0.4) is 0 Å². The summed E-state index contributed by atoms with van der Waals surface area (Å²) in [7, 11) is 0. The zero-order valence-electron chi connectivity index (χ0n) is 7.25. The van der Waals surface area contributed by atoms with Crippen molar-refractivity contribution in [1.82, 2.24) is 0 Å². The van der Waals surface area contributed by atoms with E-state index in [1.807, 2.05) is 18.2 Å². The van der Waals surface area contributed by atoms with Crippen molar-refractivity contribution in [3.05, 3.63) is 23.8 Å². The zero-order chi connectivity index (χ0) is 9.10. The van der Waals surface area contributed by atoms with Crippen LogP contribution >= 0.6 is 0 Å². The molecule has 1 aromatic carbocycles. The maximum absolute atomic E-state index is 5.25. The minimum atomic E-state index is 0.327. The molecule has 66 valence electrons. The number of rotatable bonds is 2. The predicted octanol–water partition coefficient (Wildman–Crippen LogP) is 1.98. The molecule has 2 nitrogen and oxygen atoms in total. The van der Waals surface area contributed by atoms with Crippen molar-refractivity contribution < 1.29 is 9.47 Å². The Bertz CT molecular complexity index is 350. The normalized spacial score (nSPS) is 12.5. The van der Waals surface area contributed by atoms with Crippen molar-refractivity contribution >= 4 is 0 Å². The van der Waals surface area contributed by atoms with Gasteiger partial charge in [0.05, 0.1) is 0 Å². The molecule has 0 bridgehead atoms. The maximum atomic E-state index is 5.25. The van der Waals surface area contributed by atoms with Gasteiger partial charge in [-0.1, -0.05) is 6.07 Å². The fourth-order valence-electron chi connectivity index (χ4n) is 1.31. The molecule has 1 heterocycles. The van der Waals surface area contributed by atoms with Crippen molar-refractivity contribution in [1.29, 1.82) is 0 Å². The van der Waals surface area contributed by atoms with Crippen molar-refractivity contribution in [2.24, 2.45) is 0 Å². The third-order valence-corrected chi connectivity index (χ3v) is 1.99. The Hall–Kier alpha value is -1.62. The standard InChI is InChI=1S/C11H10O2/c1-2-3-4-9-5-6-10-11(7-9)13-8-12-10/h1,5-7H,3-4,8H2. The molecule has 2 rings (SSSR count). The minimum absolute atomic E-state index is 0.327. The molecule has 0 aromatic heterocycles.